The number of carbonyl (C=O) groups excluding carboxylic acids is 2. The van der Waals surface area contributed by atoms with E-state index in [-0.39, 0.29) is 11.8 Å². The van der Waals surface area contributed by atoms with Gasteiger partial charge in [-0.15, -0.1) is 0 Å². The molecule has 0 aliphatic rings. The third-order valence-electron chi connectivity index (χ3n) is 4.75. The van der Waals surface area contributed by atoms with Crippen LogP contribution in [0.1, 0.15) is 29.8 Å². The molecule has 7 heteroatoms. The van der Waals surface area contributed by atoms with Crippen molar-refractivity contribution in [2.75, 3.05) is 17.2 Å². The number of anilines is 2. The van der Waals surface area contributed by atoms with Crippen molar-refractivity contribution in [1.29, 1.82) is 0 Å². The van der Waals surface area contributed by atoms with E-state index in [1.165, 1.54) is 0 Å². The Kier molecular flexibility index (Phi) is 7.73. The van der Waals surface area contributed by atoms with Crippen LogP contribution in [-0.4, -0.2) is 24.5 Å². The van der Waals surface area contributed by atoms with E-state index in [9.17, 15) is 9.59 Å². The minimum absolute atomic E-state index is 0.261. The molecular weight excluding hydrogens is 428 g/mol. The Morgan fingerprint density at radius 2 is 1.59 bits per heavy atom. The van der Waals surface area contributed by atoms with Gasteiger partial charge in [-0.3, -0.25) is 9.59 Å². The van der Waals surface area contributed by atoms with E-state index in [0.717, 1.165) is 11.3 Å². The zero-order valence-corrected chi connectivity index (χ0v) is 18.9. The second-order valence-electron chi connectivity index (χ2n) is 7.10. The van der Waals surface area contributed by atoms with Crippen molar-refractivity contribution in [1.82, 2.24) is 0 Å². The topological polar surface area (TPSA) is 76.7 Å². The smallest absolute Gasteiger partial charge is 0.265 e. The first-order valence-electron chi connectivity index (χ1n) is 10.2. The first kappa shape index (κ1) is 23.2. The van der Waals surface area contributed by atoms with E-state index in [1.807, 2.05) is 13.8 Å². The maximum Gasteiger partial charge on any atom is 0.265 e. The number of carbonyl (C=O) groups is 2. The fourth-order valence-electron chi connectivity index (χ4n) is 2.92. The molecule has 0 saturated carbocycles. The van der Waals surface area contributed by atoms with E-state index >= 15 is 0 Å². The molecule has 1 atom stereocenters. The van der Waals surface area contributed by atoms with Crippen molar-refractivity contribution in [2.24, 2.45) is 0 Å². The van der Waals surface area contributed by atoms with E-state index in [0.29, 0.717) is 34.3 Å². The Hall–Kier alpha value is -3.51. The van der Waals surface area contributed by atoms with E-state index in [1.54, 1.807) is 73.7 Å². The maximum absolute atomic E-state index is 12.5. The highest BCUT2D eigenvalue weighted by Gasteiger charge is 2.16. The monoisotopic (exact) mass is 452 g/mol. The molecule has 166 valence electrons. The summed E-state index contributed by atoms with van der Waals surface area (Å²) in [6.45, 7) is 5.99. The molecule has 2 amide bonds. The van der Waals surface area contributed by atoms with Crippen LogP contribution in [0.25, 0.3) is 0 Å². The lowest BCUT2D eigenvalue weighted by atomic mass is 10.1. The van der Waals surface area contributed by atoms with Gasteiger partial charge < -0.3 is 20.1 Å². The SMILES string of the molecule is CCOc1ccc(NC(=O)C(C)Oc2ccc(C(=O)Nc3cccc(Cl)c3C)cc2)cc1. The Morgan fingerprint density at radius 3 is 2.25 bits per heavy atom. The lowest BCUT2D eigenvalue weighted by molar-refractivity contribution is -0.122. The van der Waals surface area contributed by atoms with Crippen molar-refractivity contribution >= 4 is 34.8 Å². The molecular formula is C25H25ClN2O4. The van der Waals surface area contributed by atoms with Crippen molar-refractivity contribution in [3.63, 3.8) is 0 Å². The third-order valence-corrected chi connectivity index (χ3v) is 5.16. The summed E-state index contributed by atoms with van der Waals surface area (Å²) in [6.07, 6.45) is -0.727. The molecule has 0 saturated heterocycles. The van der Waals surface area contributed by atoms with Crippen LogP contribution in [0, 0.1) is 6.92 Å². The van der Waals surface area contributed by atoms with Crippen LogP contribution in [0.5, 0.6) is 11.5 Å². The fourth-order valence-corrected chi connectivity index (χ4v) is 3.10. The molecule has 3 aromatic carbocycles. The first-order valence-corrected chi connectivity index (χ1v) is 10.6. The summed E-state index contributed by atoms with van der Waals surface area (Å²) in [7, 11) is 0. The zero-order valence-electron chi connectivity index (χ0n) is 18.1. The predicted octanol–water partition coefficient (Wildman–Crippen LogP) is 5.71. The molecule has 3 aromatic rings. The molecule has 0 aromatic heterocycles. The summed E-state index contributed by atoms with van der Waals surface area (Å²) in [5.41, 5.74) is 2.57. The Morgan fingerprint density at radius 1 is 0.938 bits per heavy atom. The Bertz CT molecular complexity index is 1080. The summed E-state index contributed by atoms with van der Waals surface area (Å²) < 4.78 is 11.1. The van der Waals surface area contributed by atoms with E-state index in [2.05, 4.69) is 10.6 Å². The highest BCUT2D eigenvalue weighted by atomic mass is 35.5. The number of benzene rings is 3. The summed E-state index contributed by atoms with van der Waals surface area (Å²) in [5.74, 6) is 0.676. The molecule has 0 heterocycles. The van der Waals surface area contributed by atoms with Gasteiger partial charge in [0.05, 0.1) is 6.61 Å². The van der Waals surface area contributed by atoms with Crippen molar-refractivity contribution in [2.45, 2.75) is 26.9 Å². The van der Waals surface area contributed by atoms with Crippen LogP contribution in [0.4, 0.5) is 11.4 Å². The number of hydrogen-bond acceptors (Lipinski definition) is 4. The first-order chi connectivity index (χ1) is 15.4. The number of rotatable bonds is 8. The Balaban J connectivity index is 1.56. The number of halogens is 1. The third kappa shape index (κ3) is 6.02. The molecule has 3 rings (SSSR count). The van der Waals surface area contributed by atoms with Gasteiger partial charge in [0.2, 0.25) is 0 Å². The number of ether oxygens (including phenoxy) is 2. The van der Waals surface area contributed by atoms with Gasteiger partial charge in [-0.25, -0.2) is 0 Å². The van der Waals surface area contributed by atoms with Crippen molar-refractivity contribution < 1.29 is 19.1 Å². The number of amides is 2. The van der Waals surface area contributed by atoms with Crippen LogP contribution in [0.2, 0.25) is 5.02 Å². The minimum Gasteiger partial charge on any atom is -0.494 e. The predicted molar refractivity (Wildman–Crippen MR) is 127 cm³/mol. The standard InChI is InChI=1S/C25H25ClN2O4/c1-4-31-20-14-10-19(11-15-20)27-24(29)17(3)32-21-12-8-18(9-13-21)25(30)28-23-7-5-6-22(26)16(23)2/h5-15,17H,4H2,1-3H3,(H,27,29)(H,28,30). The maximum atomic E-state index is 12.5. The summed E-state index contributed by atoms with van der Waals surface area (Å²) in [5, 5.41) is 6.24. The van der Waals surface area contributed by atoms with E-state index in [4.69, 9.17) is 21.1 Å². The molecule has 0 fully saturated rings. The summed E-state index contributed by atoms with van der Waals surface area (Å²) in [4.78, 5) is 24.9. The van der Waals surface area contributed by atoms with Crippen molar-refractivity contribution in [3.8, 4) is 11.5 Å². The fraction of sp³-hybridized carbons (Fsp3) is 0.200. The van der Waals surface area contributed by atoms with Crippen molar-refractivity contribution in [3.05, 3.63) is 82.9 Å². The van der Waals surface area contributed by atoms with Gasteiger partial charge in [0.15, 0.2) is 6.10 Å². The quantitative estimate of drug-likeness (QED) is 0.459. The lowest BCUT2D eigenvalue weighted by Crippen LogP contribution is -2.30. The molecule has 32 heavy (non-hydrogen) atoms. The largest absolute Gasteiger partial charge is 0.494 e. The molecule has 0 aliphatic carbocycles. The molecule has 0 spiro atoms. The summed E-state index contributed by atoms with van der Waals surface area (Å²) in [6, 6.07) is 19.0. The lowest BCUT2D eigenvalue weighted by Gasteiger charge is -2.15. The molecule has 0 aliphatic heterocycles. The van der Waals surface area contributed by atoms with Gasteiger partial charge in [0, 0.05) is 22.0 Å². The molecule has 0 radical (unpaired) electrons. The average molecular weight is 453 g/mol. The van der Waals surface area contributed by atoms with Gasteiger partial charge >= 0.3 is 0 Å². The normalized spacial score (nSPS) is 11.4. The minimum atomic E-state index is -0.727. The second kappa shape index (κ2) is 10.7. The highest BCUT2D eigenvalue weighted by Crippen LogP contribution is 2.24. The second-order valence-corrected chi connectivity index (χ2v) is 7.50. The average Bonchev–Trinajstić information content (AvgIpc) is 2.79. The van der Waals surface area contributed by atoms with Gasteiger partial charge in [-0.1, -0.05) is 17.7 Å². The Labute approximate surface area is 192 Å². The number of hydrogen-bond donors (Lipinski definition) is 2. The van der Waals surface area contributed by atoms with Crippen LogP contribution < -0.4 is 20.1 Å². The van der Waals surface area contributed by atoms with Crippen LogP contribution in [-0.2, 0) is 4.79 Å². The molecule has 2 N–H and O–H groups in total. The van der Waals surface area contributed by atoms with Gasteiger partial charge in [-0.2, -0.15) is 0 Å². The van der Waals surface area contributed by atoms with Gasteiger partial charge in [0.25, 0.3) is 11.8 Å². The molecule has 0 bridgehead atoms. The van der Waals surface area contributed by atoms with Gasteiger partial charge in [-0.05, 0) is 87.0 Å². The number of nitrogens with one attached hydrogen (secondary N) is 2. The molecule has 1 unspecified atom stereocenters. The van der Waals surface area contributed by atoms with Gasteiger partial charge in [0.1, 0.15) is 11.5 Å². The summed E-state index contributed by atoms with van der Waals surface area (Å²) >= 11 is 6.10. The van der Waals surface area contributed by atoms with E-state index < -0.39 is 6.10 Å². The van der Waals surface area contributed by atoms with Crippen LogP contribution in [0.15, 0.2) is 66.7 Å². The van der Waals surface area contributed by atoms with Crippen LogP contribution in [0.3, 0.4) is 0 Å². The van der Waals surface area contributed by atoms with Crippen LogP contribution >= 0.6 is 11.6 Å². The molecule has 6 nitrogen and oxygen atoms in total. The zero-order chi connectivity index (χ0) is 23.1. The highest BCUT2D eigenvalue weighted by molar-refractivity contribution is 6.31.